The molecule has 3 nitrogen and oxygen atoms in total. The maximum Gasteiger partial charge on any atom is 0.154 e. The van der Waals surface area contributed by atoms with E-state index < -0.39 is 0 Å². The third-order valence-corrected chi connectivity index (χ3v) is 3.58. The fourth-order valence-electron chi connectivity index (χ4n) is 2.52. The summed E-state index contributed by atoms with van der Waals surface area (Å²) in [6.45, 7) is 1.00. The first-order valence-electron chi connectivity index (χ1n) is 6.79. The number of halogens is 1. The van der Waals surface area contributed by atoms with Crippen molar-refractivity contribution in [1.82, 2.24) is 10.5 Å². The van der Waals surface area contributed by atoms with E-state index >= 15 is 0 Å². The molecule has 1 aliphatic heterocycles. The fourth-order valence-corrected chi connectivity index (χ4v) is 2.52. The average Bonchev–Trinajstić information content (AvgIpc) is 2.75. The largest absolute Gasteiger partial charge is 0.359 e. The highest BCUT2D eigenvalue weighted by atomic mass is 19.1. The first-order valence-corrected chi connectivity index (χ1v) is 6.79. The van der Waals surface area contributed by atoms with Crippen LogP contribution in [0.5, 0.6) is 0 Å². The van der Waals surface area contributed by atoms with Crippen molar-refractivity contribution in [3.63, 3.8) is 0 Å². The lowest BCUT2D eigenvalue weighted by Crippen LogP contribution is -2.19. The zero-order valence-corrected chi connectivity index (χ0v) is 10.7. The molecule has 100 valence electrons. The number of hydrogen-bond donors (Lipinski definition) is 1. The van der Waals surface area contributed by atoms with E-state index in [9.17, 15) is 4.39 Å². The van der Waals surface area contributed by atoms with Crippen molar-refractivity contribution in [2.75, 3.05) is 6.54 Å². The number of hydrogen-bond acceptors (Lipinski definition) is 3. The molecule has 1 atom stereocenters. The summed E-state index contributed by atoms with van der Waals surface area (Å²) >= 11 is 0. The molecule has 0 radical (unpaired) electrons. The Hall–Kier alpha value is -1.68. The Morgan fingerprint density at radius 2 is 2.11 bits per heavy atom. The Labute approximate surface area is 111 Å². The zero-order valence-electron chi connectivity index (χ0n) is 10.7. The highest BCUT2D eigenvalue weighted by molar-refractivity contribution is 5.59. The van der Waals surface area contributed by atoms with Crippen molar-refractivity contribution in [2.45, 2.75) is 31.7 Å². The van der Waals surface area contributed by atoms with Gasteiger partial charge in [0.25, 0.3) is 0 Å². The summed E-state index contributed by atoms with van der Waals surface area (Å²) in [7, 11) is 0. The normalized spacial score (nSPS) is 20.2. The van der Waals surface area contributed by atoms with Crippen LogP contribution in [-0.2, 0) is 0 Å². The van der Waals surface area contributed by atoms with E-state index in [-0.39, 0.29) is 11.9 Å². The maximum atomic E-state index is 13.7. The van der Waals surface area contributed by atoms with Crippen LogP contribution in [0.25, 0.3) is 11.3 Å². The summed E-state index contributed by atoms with van der Waals surface area (Å²) < 4.78 is 19.1. The van der Waals surface area contributed by atoms with Gasteiger partial charge in [0.1, 0.15) is 11.5 Å². The Morgan fingerprint density at radius 3 is 3.00 bits per heavy atom. The van der Waals surface area contributed by atoms with E-state index in [1.807, 2.05) is 6.07 Å². The summed E-state index contributed by atoms with van der Waals surface area (Å²) in [5.74, 6) is 0.538. The lowest BCUT2D eigenvalue weighted by Gasteiger charge is -2.10. The SMILES string of the molecule is Fc1ccccc1-c1cc([C@@H]2CCCCCN2)on1. The molecule has 1 aromatic heterocycles. The first kappa shape index (κ1) is 12.4. The minimum Gasteiger partial charge on any atom is -0.359 e. The van der Waals surface area contributed by atoms with Crippen LogP contribution in [0.15, 0.2) is 34.9 Å². The Morgan fingerprint density at radius 1 is 1.21 bits per heavy atom. The van der Waals surface area contributed by atoms with Gasteiger partial charge in [-0.05, 0) is 31.5 Å². The van der Waals surface area contributed by atoms with Crippen molar-refractivity contribution in [1.29, 1.82) is 0 Å². The van der Waals surface area contributed by atoms with Gasteiger partial charge < -0.3 is 9.84 Å². The molecule has 0 saturated carbocycles. The molecule has 1 fully saturated rings. The summed E-state index contributed by atoms with van der Waals surface area (Å²) in [5.41, 5.74) is 1.06. The lowest BCUT2D eigenvalue weighted by molar-refractivity contribution is 0.336. The molecule has 19 heavy (non-hydrogen) atoms. The van der Waals surface area contributed by atoms with Crippen molar-refractivity contribution >= 4 is 0 Å². The van der Waals surface area contributed by atoms with Crippen LogP contribution in [0.3, 0.4) is 0 Å². The second-order valence-corrected chi connectivity index (χ2v) is 4.95. The topological polar surface area (TPSA) is 38.1 Å². The molecule has 0 amide bonds. The number of rotatable bonds is 2. The van der Waals surface area contributed by atoms with E-state index in [2.05, 4.69) is 10.5 Å². The molecular weight excluding hydrogens is 243 g/mol. The van der Waals surface area contributed by atoms with Gasteiger partial charge in [0.2, 0.25) is 0 Å². The molecule has 0 aliphatic carbocycles. The highest BCUT2D eigenvalue weighted by Crippen LogP contribution is 2.28. The summed E-state index contributed by atoms with van der Waals surface area (Å²) in [6.07, 6.45) is 4.68. The van der Waals surface area contributed by atoms with Crippen LogP contribution < -0.4 is 5.32 Å². The molecule has 1 N–H and O–H groups in total. The minimum atomic E-state index is -0.267. The van der Waals surface area contributed by atoms with Crippen molar-refractivity contribution in [2.24, 2.45) is 0 Å². The van der Waals surface area contributed by atoms with Gasteiger partial charge in [0.15, 0.2) is 5.76 Å². The van der Waals surface area contributed by atoms with Crippen LogP contribution in [0.4, 0.5) is 4.39 Å². The molecule has 0 bridgehead atoms. The Bertz CT molecular complexity index is 545. The fraction of sp³-hybridized carbons (Fsp3) is 0.400. The minimum absolute atomic E-state index is 0.204. The Balaban J connectivity index is 1.85. The van der Waals surface area contributed by atoms with E-state index in [4.69, 9.17) is 4.52 Å². The predicted molar refractivity (Wildman–Crippen MR) is 71.1 cm³/mol. The lowest BCUT2D eigenvalue weighted by atomic mass is 10.1. The molecular formula is C15H17FN2O. The summed E-state index contributed by atoms with van der Waals surface area (Å²) in [4.78, 5) is 0. The van der Waals surface area contributed by atoms with Gasteiger partial charge in [0.05, 0.1) is 6.04 Å². The molecule has 2 heterocycles. The summed E-state index contributed by atoms with van der Waals surface area (Å²) in [5, 5.41) is 7.45. The van der Waals surface area contributed by atoms with Crippen molar-refractivity contribution in [3.05, 3.63) is 41.9 Å². The van der Waals surface area contributed by atoms with E-state index in [1.165, 1.54) is 25.3 Å². The van der Waals surface area contributed by atoms with Crippen LogP contribution in [-0.4, -0.2) is 11.7 Å². The predicted octanol–water partition coefficient (Wildman–Crippen LogP) is 3.69. The van der Waals surface area contributed by atoms with Gasteiger partial charge in [-0.15, -0.1) is 0 Å². The molecule has 2 aromatic rings. The third kappa shape index (κ3) is 2.68. The second kappa shape index (κ2) is 5.53. The van der Waals surface area contributed by atoms with Gasteiger partial charge in [-0.1, -0.05) is 30.1 Å². The summed E-state index contributed by atoms with van der Waals surface area (Å²) in [6, 6.07) is 8.69. The van der Waals surface area contributed by atoms with Crippen LogP contribution in [0, 0.1) is 5.82 Å². The van der Waals surface area contributed by atoms with Gasteiger partial charge in [-0.2, -0.15) is 0 Å². The van der Waals surface area contributed by atoms with Crippen LogP contribution >= 0.6 is 0 Å². The smallest absolute Gasteiger partial charge is 0.154 e. The van der Waals surface area contributed by atoms with Crippen LogP contribution in [0.1, 0.15) is 37.5 Å². The van der Waals surface area contributed by atoms with Crippen molar-refractivity contribution in [3.8, 4) is 11.3 Å². The number of nitrogens with one attached hydrogen (secondary N) is 1. The molecule has 0 spiro atoms. The van der Waals surface area contributed by atoms with Crippen molar-refractivity contribution < 1.29 is 8.91 Å². The van der Waals surface area contributed by atoms with Gasteiger partial charge in [0, 0.05) is 11.6 Å². The van der Waals surface area contributed by atoms with Gasteiger partial charge in [-0.25, -0.2) is 4.39 Å². The average molecular weight is 260 g/mol. The number of aromatic nitrogens is 1. The molecule has 0 unspecified atom stereocenters. The number of benzene rings is 1. The molecule has 1 saturated heterocycles. The second-order valence-electron chi connectivity index (χ2n) is 4.95. The van der Waals surface area contributed by atoms with Gasteiger partial charge >= 0.3 is 0 Å². The molecule has 1 aliphatic rings. The van der Waals surface area contributed by atoms with Gasteiger partial charge in [-0.3, -0.25) is 0 Å². The number of nitrogens with zero attached hydrogens (tertiary/aromatic N) is 1. The monoisotopic (exact) mass is 260 g/mol. The highest BCUT2D eigenvalue weighted by Gasteiger charge is 2.19. The van der Waals surface area contributed by atoms with E-state index in [0.29, 0.717) is 11.3 Å². The molecule has 1 aromatic carbocycles. The maximum absolute atomic E-state index is 13.7. The molecule has 3 rings (SSSR count). The molecule has 4 heteroatoms. The van der Waals surface area contributed by atoms with Crippen LogP contribution in [0.2, 0.25) is 0 Å². The quantitative estimate of drug-likeness (QED) is 0.895. The van der Waals surface area contributed by atoms with E-state index in [0.717, 1.165) is 18.7 Å². The standard InChI is InChI=1S/C15H17FN2O/c16-12-7-4-3-6-11(12)14-10-15(19-18-14)13-8-2-1-5-9-17-13/h3-4,6-7,10,13,17H,1-2,5,8-9H2/t13-/m0/s1. The third-order valence-electron chi connectivity index (χ3n) is 3.58. The first-order chi connectivity index (χ1) is 9.34. The Kier molecular flexibility index (Phi) is 3.60. The van der Waals surface area contributed by atoms with E-state index in [1.54, 1.807) is 18.2 Å². The zero-order chi connectivity index (χ0) is 13.1.